The SMILES string of the molecule is C.CC(C)O.C[C@@H](Oc1ccc(B2OC(C)(C)C(C)(C)O2)cn1)C(F)(F)F.C[C@@H](Oc1ccc(Br)cn1)C(F)(F)F.C[C@H]1CO1.Fc1ccc(Br)cn1.[AlH3].[H-].[H-].[Li+].[Na+]. The van der Waals surface area contributed by atoms with E-state index in [1.54, 1.807) is 32.0 Å². The number of nitrogens with zero attached hydrogens (tertiary/aromatic N) is 3. The molecule has 5 heterocycles. The number of halogens is 9. The minimum Gasteiger partial charge on any atom is -1.00 e. The Morgan fingerprint density at radius 2 is 1.12 bits per heavy atom. The van der Waals surface area contributed by atoms with Crippen molar-refractivity contribution < 1.29 is 111 Å². The zero-order valence-corrected chi connectivity index (χ0v) is 37.2. The number of aliphatic hydroxyl groups excluding tert-OH is 1. The van der Waals surface area contributed by atoms with Gasteiger partial charge in [-0.15, -0.1) is 0 Å². The maximum absolute atomic E-state index is 12.4. The standard InChI is InChI=1S/C14H19BF3NO3.C8H7BrF3NO.C5H3BrFN.C3H6O.C3H8O.CH4.Al.Li.Na.5H/c1-9(14(16,17)18)20-11-7-6-10(8-19-11)15-21-12(2,3)13(4,5)22-15;1-5(8(10,11)12)14-7-3-2-6(9)4-13-7;6-4-1-2-5(7)8-3-4;1-3-2-4-3;1-3(2)4;;;;;;;;;/h6-9H,1-5H3;2-5H,1H3;1-3H;3H,2H2,1H3;3-4H,1-2H3;1H4;;;;;;;;/q;;;;;;;2*+1;;;;2*-1/t9-;5-;;3-;;;;;;;;;;/m11.0........../s1. The van der Waals surface area contributed by atoms with Crippen molar-refractivity contribution in [2.45, 2.75) is 118 Å². The minimum atomic E-state index is -4.42. The monoisotopic (exact) mass is 957 g/mol. The molecule has 0 radical (unpaired) electrons. The van der Waals surface area contributed by atoms with Crippen molar-refractivity contribution in [3.8, 4) is 11.8 Å². The van der Waals surface area contributed by atoms with E-state index in [-0.39, 0.29) is 93.9 Å². The van der Waals surface area contributed by atoms with Crippen LogP contribution in [0.15, 0.2) is 63.9 Å². The van der Waals surface area contributed by atoms with Crippen LogP contribution in [-0.4, -0.2) is 99.1 Å². The molecule has 2 aliphatic rings. The summed E-state index contributed by atoms with van der Waals surface area (Å²) >= 11 is 6.23. The molecule has 0 amide bonds. The number of epoxide rings is 1. The van der Waals surface area contributed by atoms with Crippen molar-refractivity contribution in [1.82, 2.24) is 15.0 Å². The van der Waals surface area contributed by atoms with Crippen LogP contribution in [0.4, 0.5) is 30.7 Å². The van der Waals surface area contributed by atoms with Gasteiger partial charge in [0.05, 0.1) is 23.9 Å². The predicted molar refractivity (Wildman–Crippen MR) is 208 cm³/mol. The third kappa shape index (κ3) is 25.9. The van der Waals surface area contributed by atoms with E-state index in [9.17, 15) is 30.7 Å². The Hall–Kier alpha value is -0.445. The molecule has 5 rings (SSSR count). The number of rotatable bonds is 5. The molecule has 2 aliphatic heterocycles. The molecule has 1 N–H and O–H groups in total. The van der Waals surface area contributed by atoms with Crippen LogP contribution >= 0.6 is 31.9 Å². The largest absolute Gasteiger partial charge is 1.00 e. The van der Waals surface area contributed by atoms with Gasteiger partial charge in [0, 0.05) is 45.2 Å². The molecule has 0 aromatic carbocycles. The van der Waals surface area contributed by atoms with Gasteiger partial charge >= 0.3 is 67.9 Å². The maximum Gasteiger partial charge on any atom is 1.00 e. The van der Waals surface area contributed by atoms with Crippen molar-refractivity contribution in [2.24, 2.45) is 0 Å². The van der Waals surface area contributed by atoms with Gasteiger partial charge in [0.15, 0.2) is 29.6 Å². The van der Waals surface area contributed by atoms with Crippen LogP contribution in [0, 0.1) is 5.95 Å². The molecule has 9 nitrogen and oxygen atoms in total. The molecule has 3 aromatic rings. The first-order chi connectivity index (χ1) is 23.7. The molecule has 0 unspecified atom stereocenters. The molecule has 0 aliphatic carbocycles. The molecule has 2 saturated heterocycles. The fourth-order valence-electron chi connectivity index (χ4n) is 2.96. The average Bonchev–Trinajstić information content (AvgIpc) is 3.77. The smallest absolute Gasteiger partial charge is 1.00 e. The Bertz CT molecular complexity index is 1450. The van der Waals surface area contributed by atoms with Gasteiger partial charge in [0.1, 0.15) is 0 Å². The Kier molecular flexibility index (Phi) is 31.3. The van der Waals surface area contributed by atoms with Crippen molar-refractivity contribution >= 4 is 61.8 Å². The Balaban J connectivity index is -0.000000162. The fraction of sp³-hybridized carbons (Fsp3) is 0.559. The first kappa shape index (κ1) is 62.2. The molecular formula is C34H52AlBBr2F7LiN3NaO6. The second-order valence-electron chi connectivity index (χ2n) is 12.5. The van der Waals surface area contributed by atoms with Gasteiger partial charge in [-0.2, -0.15) is 30.7 Å². The quantitative estimate of drug-likeness (QED) is 0.179. The van der Waals surface area contributed by atoms with Crippen LogP contribution in [0.1, 0.15) is 72.6 Å². The van der Waals surface area contributed by atoms with E-state index in [0.717, 1.165) is 24.9 Å². The summed E-state index contributed by atoms with van der Waals surface area (Å²) in [5, 5.41) is 8.06. The van der Waals surface area contributed by atoms with Crippen molar-refractivity contribution in [2.75, 3.05) is 6.61 Å². The number of alkyl halides is 6. The van der Waals surface area contributed by atoms with Crippen LogP contribution in [0.2, 0.25) is 0 Å². The van der Waals surface area contributed by atoms with E-state index in [0.29, 0.717) is 16.0 Å². The second kappa shape index (κ2) is 28.2. The third-order valence-corrected chi connectivity index (χ3v) is 7.63. The summed E-state index contributed by atoms with van der Waals surface area (Å²) in [7, 11) is -0.605. The summed E-state index contributed by atoms with van der Waals surface area (Å²) < 4.78 is 113. The minimum absolute atomic E-state index is 0. The molecule has 0 saturated carbocycles. The number of pyridine rings is 3. The van der Waals surface area contributed by atoms with Gasteiger partial charge in [0.2, 0.25) is 17.7 Å². The van der Waals surface area contributed by atoms with Crippen LogP contribution in [-0.2, 0) is 14.0 Å². The zero-order valence-electron chi connectivity index (χ0n) is 34.0. The molecule has 3 aromatic heterocycles. The van der Waals surface area contributed by atoms with Gasteiger partial charge in [-0.25, -0.2) is 15.0 Å². The fourth-order valence-corrected chi connectivity index (χ4v) is 3.43. The Labute approximate surface area is 390 Å². The summed E-state index contributed by atoms with van der Waals surface area (Å²) in [5.41, 5.74) is -0.347. The van der Waals surface area contributed by atoms with Gasteiger partial charge in [0.25, 0.3) is 0 Å². The molecule has 310 valence electrons. The van der Waals surface area contributed by atoms with Crippen LogP contribution < -0.4 is 63.4 Å². The van der Waals surface area contributed by atoms with Crippen molar-refractivity contribution in [3.05, 3.63) is 69.9 Å². The zero-order chi connectivity index (χ0) is 40.1. The number of hydrogen-bond donors (Lipinski definition) is 1. The maximum atomic E-state index is 12.4. The average molecular weight is 959 g/mol. The Morgan fingerprint density at radius 1 is 0.786 bits per heavy atom. The van der Waals surface area contributed by atoms with Crippen LogP contribution in [0.5, 0.6) is 11.8 Å². The van der Waals surface area contributed by atoms with E-state index in [1.807, 2.05) is 27.7 Å². The predicted octanol–water partition coefficient (Wildman–Crippen LogP) is 2.34. The van der Waals surface area contributed by atoms with E-state index in [1.165, 1.54) is 36.8 Å². The van der Waals surface area contributed by atoms with E-state index in [2.05, 4.69) is 58.5 Å². The summed E-state index contributed by atoms with van der Waals surface area (Å²) in [5.74, 6) is -0.587. The summed E-state index contributed by atoms with van der Waals surface area (Å²) in [6, 6.07) is 8.79. The van der Waals surface area contributed by atoms with E-state index < -0.39 is 48.8 Å². The first-order valence-corrected chi connectivity index (χ1v) is 17.3. The van der Waals surface area contributed by atoms with Crippen LogP contribution in [0.3, 0.4) is 0 Å². The van der Waals surface area contributed by atoms with Gasteiger partial charge in [-0.05, 0) is 118 Å². The number of aliphatic hydroxyl groups is 1. The van der Waals surface area contributed by atoms with Gasteiger partial charge in [-0.1, -0.05) is 13.5 Å². The molecule has 0 spiro atoms. The summed E-state index contributed by atoms with van der Waals surface area (Å²) in [4.78, 5) is 10.9. The Morgan fingerprint density at radius 3 is 1.38 bits per heavy atom. The summed E-state index contributed by atoms with van der Waals surface area (Å²) in [6.45, 7) is 16.0. The van der Waals surface area contributed by atoms with Crippen molar-refractivity contribution in [3.63, 3.8) is 0 Å². The summed E-state index contributed by atoms with van der Waals surface area (Å²) in [6.07, 6.45) is -7.95. The number of ether oxygens (including phenoxy) is 3. The molecule has 3 atom stereocenters. The number of aromatic nitrogens is 3. The van der Waals surface area contributed by atoms with Gasteiger partial charge in [-0.3, -0.25) is 0 Å². The number of hydrogen-bond acceptors (Lipinski definition) is 9. The van der Waals surface area contributed by atoms with E-state index in [4.69, 9.17) is 23.9 Å². The van der Waals surface area contributed by atoms with Crippen molar-refractivity contribution in [1.29, 1.82) is 0 Å². The van der Waals surface area contributed by atoms with Gasteiger partial charge < -0.3 is 31.5 Å². The normalized spacial score (nSPS) is 16.8. The third-order valence-electron chi connectivity index (χ3n) is 6.69. The van der Waals surface area contributed by atoms with E-state index >= 15 is 0 Å². The molecule has 2 fully saturated rings. The molecular weight excluding hydrogens is 907 g/mol. The first-order valence-electron chi connectivity index (χ1n) is 15.7. The van der Waals surface area contributed by atoms with Crippen LogP contribution in [0.25, 0.3) is 0 Å². The topological polar surface area (TPSA) is 108 Å². The molecule has 0 bridgehead atoms. The molecule has 22 heteroatoms. The second-order valence-corrected chi connectivity index (χ2v) is 14.3. The molecule has 56 heavy (non-hydrogen) atoms.